The molecule has 0 saturated carbocycles. The van der Waals surface area contributed by atoms with Gasteiger partial charge in [-0.1, -0.05) is 0 Å². The molecule has 0 unspecified atom stereocenters. The third-order valence-corrected chi connectivity index (χ3v) is 4.05. The number of carbonyl (C=O) groups excluding carboxylic acids is 1. The first-order valence-electron chi connectivity index (χ1n) is 5.88. The molecule has 1 amide bonds. The molecule has 2 N–H and O–H groups in total. The van der Waals surface area contributed by atoms with Crippen molar-refractivity contribution in [3.05, 3.63) is 18.0 Å². The fourth-order valence-corrected chi connectivity index (χ4v) is 2.74. The predicted molar refractivity (Wildman–Crippen MR) is 66.5 cm³/mol. The van der Waals surface area contributed by atoms with E-state index in [9.17, 15) is 13.2 Å². The number of rotatable bonds is 2. The Kier molecular flexibility index (Phi) is 3.45. The van der Waals surface area contributed by atoms with Gasteiger partial charge in [0.15, 0.2) is 0 Å². The lowest BCUT2D eigenvalue weighted by atomic mass is 10.1. The van der Waals surface area contributed by atoms with Crippen molar-refractivity contribution in [3.8, 4) is 0 Å². The normalized spacial score (nSPS) is 16.9. The molecule has 1 aromatic heterocycles. The van der Waals surface area contributed by atoms with E-state index < -0.39 is 10.0 Å². The highest BCUT2D eigenvalue weighted by atomic mass is 32.2. The van der Waals surface area contributed by atoms with Crippen molar-refractivity contribution in [2.24, 2.45) is 12.2 Å². The molecule has 1 fully saturated rings. The average Bonchev–Trinajstić information content (AvgIpc) is 2.71. The number of aryl methyl sites for hydroxylation is 1. The van der Waals surface area contributed by atoms with Crippen LogP contribution in [-0.4, -0.2) is 36.9 Å². The Bertz CT molecular complexity index is 556. The highest BCUT2D eigenvalue weighted by Crippen LogP contribution is 2.16. The zero-order valence-corrected chi connectivity index (χ0v) is 11.1. The van der Waals surface area contributed by atoms with Crippen LogP contribution in [0, 0.1) is 0 Å². The molecule has 0 spiro atoms. The summed E-state index contributed by atoms with van der Waals surface area (Å²) >= 11 is 0. The van der Waals surface area contributed by atoms with Crippen LogP contribution in [-0.2, 0) is 17.1 Å². The lowest BCUT2D eigenvalue weighted by Gasteiger charge is -2.26. The highest BCUT2D eigenvalue weighted by molar-refractivity contribution is 7.89. The van der Waals surface area contributed by atoms with Crippen molar-refractivity contribution in [1.29, 1.82) is 0 Å². The third-order valence-electron chi connectivity index (χ3n) is 3.17. The van der Waals surface area contributed by atoms with Crippen molar-refractivity contribution in [2.45, 2.75) is 24.2 Å². The van der Waals surface area contributed by atoms with Crippen molar-refractivity contribution in [1.82, 2.24) is 9.47 Å². The van der Waals surface area contributed by atoms with E-state index in [1.807, 2.05) is 0 Å². The topological polar surface area (TPSA) is 85.4 Å². The van der Waals surface area contributed by atoms with E-state index in [1.54, 1.807) is 11.9 Å². The number of nitrogens with two attached hydrogens (primary N) is 1. The first-order valence-corrected chi connectivity index (χ1v) is 7.42. The number of sulfonamides is 1. The van der Waals surface area contributed by atoms with E-state index >= 15 is 0 Å². The van der Waals surface area contributed by atoms with E-state index in [0.717, 1.165) is 32.4 Å². The standard InChI is InChI=1S/C11H17N3O3S/c1-13-8-9(18(12,16)17)7-10(13)11(15)14-5-3-2-4-6-14/h7-8H,2-6H2,1H3,(H2,12,16,17). The second-order valence-corrected chi connectivity index (χ2v) is 6.13. The second kappa shape index (κ2) is 4.74. The van der Waals surface area contributed by atoms with Crippen LogP contribution in [0.5, 0.6) is 0 Å². The summed E-state index contributed by atoms with van der Waals surface area (Å²) in [7, 11) is -2.12. The summed E-state index contributed by atoms with van der Waals surface area (Å²) < 4.78 is 24.0. The maximum Gasteiger partial charge on any atom is 0.270 e. The van der Waals surface area contributed by atoms with Gasteiger partial charge in [0.2, 0.25) is 10.0 Å². The molecule has 6 nitrogen and oxygen atoms in total. The SMILES string of the molecule is Cn1cc(S(N)(=O)=O)cc1C(=O)N1CCCCC1. The largest absolute Gasteiger partial charge is 0.345 e. The molecule has 2 heterocycles. The van der Waals surface area contributed by atoms with Crippen molar-refractivity contribution >= 4 is 15.9 Å². The molecule has 0 aliphatic carbocycles. The molecule has 1 aliphatic heterocycles. The first kappa shape index (κ1) is 13.1. The van der Waals surface area contributed by atoms with Crippen LogP contribution in [0.15, 0.2) is 17.2 Å². The van der Waals surface area contributed by atoms with Gasteiger partial charge in [-0.05, 0) is 25.3 Å². The zero-order valence-electron chi connectivity index (χ0n) is 10.3. The molecule has 1 aromatic rings. The van der Waals surface area contributed by atoms with Gasteiger partial charge in [-0.2, -0.15) is 0 Å². The number of nitrogens with zero attached hydrogens (tertiary/aromatic N) is 2. The van der Waals surface area contributed by atoms with Gasteiger partial charge in [0.05, 0.1) is 0 Å². The molecular weight excluding hydrogens is 254 g/mol. The Labute approximate surface area is 106 Å². The minimum Gasteiger partial charge on any atom is -0.345 e. The Balaban J connectivity index is 2.28. The molecule has 0 aromatic carbocycles. The van der Waals surface area contributed by atoms with E-state index in [2.05, 4.69) is 0 Å². The maximum atomic E-state index is 12.2. The van der Waals surface area contributed by atoms with Crippen LogP contribution in [0.25, 0.3) is 0 Å². The summed E-state index contributed by atoms with van der Waals surface area (Å²) in [4.78, 5) is 14.0. The van der Waals surface area contributed by atoms with Gasteiger partial charge in [0.25, 0.3) is 5.91 Å². The Morgan fingerprint density at radius 3 is 2.39 bits per heavy atom. The minimum absolute atomic E-state index is 0.0228. The van der Waals surface area contributed by atoms with Crippen LogP contribution in [0.3, 0.4) is 0 Å². The minimum atomic E-state index is -3.76. The van der Waals surface area contributed by atoms with E-state index in [4.69, 9.17) is 5.14 Å². The van der Waals surface area contributed by atoms with Gasteiger partial charge < -0.3 is 9.47 Å². The van der Waals surface area contributed by atoms with Gasteiger partial charge in [0.1, 0.15) is 10.6 Å². The number of primary sulfonamides is 1. The van der Waals surface area contributed by atoms with Crippen molar-refractivity contribution in [3.63, 3.8) is 0 Å². The summed E-state index contributed by atoms with van der Waals surface area (Å²) in [6, 6.07) is 1.34. The third kappa shape index (κ3) is 2.56. The van der Waals surface area contributed by atoms with Crippen molar-refractivity contribution < 1.29 is 13.2 Å². The number of aromatic nitrogens is 1. The van der Waals surface area contributed by atoms with Crippen LogP contribution in [0.2, 0.25) is 0 Å². The number of amides is 1. The Morgan fingerprint density at radius 2 is 1.89 bits per heavy atom. The van der Waals surface area contributed by atoms with Gasteiger partial charge in [-0.25, -0.2) is 13.6 Å². The molecular formula is C11H17N3O3S. The van der Waals surface area contributed by atoms with Gasteiger partial charge in [0, 0.05) is 26.3 Å². The van der Waals surface area contributed by atoms with Crippen molar-refractivity contribution in [2.75, 3.05) is 13.1 Å². The number of carbonyl (C=O) groups is 1. The number of hydrogen-bond acceptors (Lipinski definition) is 3. The highest BCUT2D eigenvalue weighted by Gasteiger charge is 2.23. The molecule has 18 heavy (non-hydrogen) atoms. The zero-order chi connectivity index (χ0) is 13.3. The fraction of sp³-hybridized carbons (Fsp3) is 0.545. The summed E-state index contributed by atoms with van der Waals surface area (Å²) in [5, 5.41) is 5.05. The Hall–Kier alpha value is -1.34. The molecule has 1 saturated heterocycles. The summed E-state index contributed by atoms with van der Waals surface area (Å²) in [5.74, 6) is -0.132. The van der Waals surface area contributed by atoms with Crippen LogP contribution < -0.4 is 5.14 Å². The van der Waals surface area contributed by atoms with Gasteiger partial charge >= 0.3 is 0 Å². The van der Waals surface area contributed by atoms with Crippen LogP contribution in [0.1, 0.15) is 29.8 Å². The van der Waals surface area contributed by atoms with Gasteiger partial charge in [-0.15, -0.1) is 0 Å². The smallest absolute Gasteiger partial charge is 0.270 e. The molecule has 7 heteroatoms. The summed E-state index contributed by atoms with van der Waals surface area (Å²) in [5.41, 5.74) is 0.362. The fourth-order valence-electron chi connectivity index (χ4n) is 2.16. The van der Waals surface area contributed by atoms with Gasteiger partial charge in [-0.3, -0.25) is 4.79 Å². The van der Waals surface area contributed by atoms with Crippen LogP contribution in [0.4, 0.5) is 0 Å². The molecule has 0 atom stereocenters. The lowest BCUT2D eigenvalue weighted by Crippen LogP contribution is -2.36. The quantitative estimate of drug-likeness (QED) is 0.839. The summed E-state index contributed by atoms with van der Waals surface area (Å²) in [6.45, 7) is 1.46. The lowest BCUT2D eigenvalue weighted by molar-refractivity contribution is 0.0714. The van der Waals surface area contributed by atoms with E-state index in [0.29, 0.717) is 5.69 Å². The summed E-state index contributed by atoms with van der Waals surface area (Å²) in [6.07, 6.45) is 4.50. The molecule has 0 radical (unpaired) electrons. The molecule has 1 aliphatic rings. The number of piperidine rings is 1. The maximum absolute atomic E-state index is 12.2. The van der Waals surface area contributed by atoms with E-state index in [1.165, 1.54) is 16.8 Å². The average molecular weight is 271 g/mol. The molecule has 100 valence electrons. The predicted octanol–water partition coefficient (Wildman–Crippen LogP) is 0.299. The monoisotopic (exact) mass is 271 g/mol. The van der Waals surface area contributed by atoms with Crippen LogP contribution >= 0.6 is 0 Å². The first-order chi connectivity index (χ1) is 8.39. The van der Waals surface area contributed by atoms with E-state index in [-0.39, 0.29) is 10.8 Å². The second-order valence-electron chi connectivity index (χ2n) is 4.57. The number of hydrogen-bond donors (Lipinski definition) is 1. The molecule has 2 rings (SSSR count). The number of likely N-dealkylation sites (tertiary alicyclic amines) is 1. The Morgan fingerprint density at radius 1 is 1.28 bits per heavy atom. The molecule has 0 bridgehead atoms.